The van der Waals surface area contributed by atoms with E-state index in [-0.39, 0.29) is 5.91 Å². The van der Waals surface area contributed by atoms with Crippen molar-refractivity contribution in [2.24, 2.45) is 0 Å². The fourth-order valence-corrected chi connectivity index (χ4v) is 4.79. The highest BCUT2D eigenvalue weighted by Crippen LogP contribution is 2.38. The molecule has 0 aliphatic carbocycles. The number of nitrogens with zero attached hydrogens (tertiary/aromatic N) is 1. The predicted molar refractivity (Wildman–Crippen MR) is 103 cm³/mol. The number of nitrogens with one attached hydrogen (secondary N) is 1. The average molecular weight is 401 g/mol. The van der Waals surface area contributed by atoms with Crippen LogP contribution in [0.3, 0.4) is 0 Å². The summed E-state index contributed by atoms with van der Waals surface area (Å²) in [5.41, 5.74) is 3.02. The van der Waals surface area contributed by atoms with E-state index in [9.17, 15) is 4.79 Å². The molecule has 0 saturated heterocycles. The maximum absolute atomic E-state index is 12.7. The highest BCUT2D eigenvalue weighted by atomic mass is 79.9. The van der Waals surface area contributed by atoms with E-state index in [1.165, 1.54) is 10.4 Å². The molecule has 2 aromatic carbocycles. The molecule has 1 aliphatic rings. The van der Waals surface area contributed by atoms with Crippen molar-refractivity contribution in [3.8, 4) is 0 Å². The number of para-hydroxylation sites is 1. The first-order valence-corrected chi connectivity index (χ1v) is 9.60. The van der Waals surface area contributed by atoms with Crippen LogP contribution in [-0.4, -0.2) is 15.7 Å². The Balaban J connectivity index is 1.63. The van der Waals surface area contributed by atoms with Crippen LogP contribution in [0, 0.1) is 0 Å². The van der Waals surface area contributed by atoms with Gasteiger partial charge in [0.25, 0.3) is 5.91 Å². The first kappa shape index (κ1) is 15.8. The van der Waals surface area contributed by atoms with E-state index in [1.807, 2.05) is 42.1 Å². The van der Waals surface area contributed by atoms with Gasteiger partial charge in [-0.2, -0.15) is 0 Å². The molecule has 1 amide bonds. The molecule has 1 N–H and O–H groups in total. The highest BCUT2D eigenvalue weighted by molar-refractivity contribution is 9.10. The molecule has 1 atom stereocenters. The summed E-state index contributed by atoms with van der Waals surface area (Å²) < 4.78 is 3.19. The SMILES string of the molecule is C[C@@H]1Cn2c(C(=O)NCc3cccc(Br)c3)cc3cccc(c32)S1. The normalized spacial score (nSPS) is 16.3. The summed E-state index contributed by atoms with van der Waals surface area (Å²) in [5, 5.41) is 4.65. The number of thioether (sulfide) groups is 1. The van der Waals surface area contributed by atoms with Crippen molar-refractivity contribution in [3.05, 3.63) is 64.3 Å². The maximum atomic E-state index is 12.7. The van der Waals surface area contributed by atoms with Crippen LogP contribution in [0.1, 0.15) is 23.0 Å². The third-order valence-corrected chi connectivity index (χ3v) is 5.85. The van der Waals surface area contributed by atoms with Gasteiger partial charge in [0.05, 0.1) is 5.52 Å². The number of aromatic nitrogens is 1. The van der Waals surface area contributed by atoms with Crippen LogP contribution in [0.4, 0.5) is 0 Å². The zero-order valence-electron chi connectivity index (χ0n) is 13.3. The van der Waals surface area contributed by atoms with Gasteiger partial charge in [0.2, 0.25) is 0 Å². The topological polar surface area (TPSA) is 34.0 Å². The Hall–Kier alpha value is -1.72. The van der Waals surface area contributed by atoms with Crippen LogP contribution in [-0.2, 0) is 13.1 Å². The highest BCUT2D eigenvalue weighted by Gasteiger charge is 2.23. The molecule has 0 bridgehead atoms. The molecular formula is C19H17BrN2OS. The summed E-state index contributed by atoms with van der Waals surface area (Å²) in [7, 11) is 0. The smallest absolute Gasteiger partial charge is 0.268 e. The third kappa shape index (κ3) is 2.87. The minimum Gasteiger partial charge on any atom is -0.347 e. The maximum Gasteiger partial charge on any atom is 0.268 e. The summed E-state index contributed by atoms with van der Waals surface area (Å²) in [4.78, 5) is 14.0. The lowest BCUT2D eigenvalue weighted by atomic mass is 10.2. The summed E-state index contributed by atoms with van der Waals surface area (Å²) in [5.74, 6) is -0.0174. The molecule has 1 aliphatic heterocycles. The van der Waals surface area contributed by atoms with E-state index in [0.717, 1.165) is 27.7 Å². The van der Waals surface area contributed by atoms with Gasteiger partial charge in [-0.05, 0) is 29.8 Å². The van der Waals surface area contributed by atoms with Crippen molar-refractivity contribution in [2.75, 3.05) is 0 Å². The molecule has 0 radical (unpaired) electrons. The molecule has 122 valence electrons. The first-order valence-electron chi connectivity index (χ1n) is 7.93. The Labute approximate surface area is 153 Å². The summed E-state index contributed by atoms with van der Waals surface area (Å²) in [6.07, 6.45) is 0. The molecule has 24 heavy (non-hydrogen) atoms. The molecule has 3 nitrogen and oxygen atoms in total. The van der Waals surface area contributed by atoms with Crippen molar-refractivity contribution < 1.29 is 4.79 Å². The molecular weight excluding hydrogens is 384 g/mol. The van der Waals surface area contributed by atoms with E-state index in [0.29, 0.717) is 11.8 Å². The molecule has 3 aromatic rings. The fraction of sp³-hybridized carbons (Fsp3) is 0.211. The largest absolute Gasteiger partial charge is 0.347 e. The molecule has 0 saturated carbocycles. The zero-order chi connectivity index (χ0) is 16.7. The van der Waals surface area contributed by atoms with E-state index in [1.54, 1.807) is 0 Å². The Kier molecular flexibility index (Phi) is 4.14. The number of halogens is 1. The minimum absolute atomic E-state index is 0.0174. The van der Waals surface area contributed by atoms with Gasteiger partial charge in [-0.1, -0.05) is 47.1 Å². The van der Waals surface area contributed by atoms with Gasteiger partial charge in [0.1, 0.15) is 5.69 Å². The van der Waals surface area contributed by atoms with Gasteiger partial charge < -0.3 is 9.88 Å². The number of hydrogen-bond acceptors (Lipinski definition) is 2. The number of carbonyl (C=O) groups excluding carboxylic acids is 1. The lowest BCUT2D eigenvalue weighted by molar-refractivity contribution is 0.0942. The quantitative estimate of drug-likeness (QED) is 0.682. The minimum atomic E-state index is -0.0174. The third-order valence-electron chi connectivity index (χ3n) is 4.23. The molecule has 2 heterocycles. The van der Waals surface area contributed by atoms with Crippen LogP contribution >= 0.6 is 27.7 Å². The predicted octanol–water partition coefficient (Wildman–Crippen LogP) is 4.83. The Morgan fingerprint density at radius 1 is 1.29 bits per heavy atom. The molecule has 4 rings (SSSR count). The Bertz CT molecular complexity index is 934. The van der Waals surface area contributed by atoms with Gasteiger partial charge in [0, 0.05) is 33.1 Å². The van der Waals surface area contributed by atoms with Gasteiger partial charge in [-0.15, -0.1) is 11.8 Å². The zero-order valence-corrected chi connectivity index (χ0v) is 15.7. The van der Waals surface area contributed by atoms with Crippen molar-refractivity contribution in [1.29, 1.82) is 0 Å². The lowest BCUT2D eigenvalue weighted by Gasteiger charge is -2.22. The second-order valence-electron chi connectivity index (χ2n) is 6.08. The van der Waals surface area contributed by atoms with Crippen LogP contribution in [0.2, 0.25) is 0 Å². The van der Waals surface area contributed by atoms with Crippen molar-refractivity contribution in [2.45, 2.75) is 30.2 Å². The van der Waals surface area contributed by atoms with Crippen molar-refractivity contribution in [1.82, 2.24) is 9.88 Å². The fourth-order valence-electron chi connectivity index (χ4n) is 3.19. The average Bonchev–Trinajstić information content (AvgIpc) is 2.93. The van der Waals surface area contributed by atoms with E-state index in [2.05, 4.69) is 50.9 Å². The van der Waals surface area contributed by atoms with Crippen LogP contribution in [0.25, 0.3) is 10.9 Å². The molecule has 5 heteroatoms. The van der Waals surface area contributed by atoms with Gasteiger partial charge in [-0.3, -0.25) is 4.79 Å². The summed E-state index contributed by atoms with van der Waals surface area (Å²) in [6.45, 7) is 3.59. The van der Waals surface area contributed by atoms with Crippen LogP contribution < -0.4 is 5.32 Å². The standard InChI is InChI=1S/C19H17BrN2OS/c1-12-11-22-16(9-14-5-3-7-17(24-12)18(14)22)19(23)21-10-13-4-2-6-15(20)8-13/h2-9,12H,10-11H2,1H3,(H,21,23)/t12-/m1/s1. The first-order chi connectivity index (χ1) is 11.6. The Morgan fingerprint density at radius 2 is 2.12 bits per heavy atom. The van der Waals surface area contributed by atoms with Crippen LogP contribution in [0.5, 0.6) is 0 Å². The van der Waals surface area contributed by atoms with E-state index < -0.39 is 0 Å². The monoisotopic (exact) mass is 400 g/mol. The second-order valence-corrected chi connectivity index (χ2v) is 8.47. The summed E-state index contributed by atoms with van der Waals surface area (Å²) in [6, 6.07) is 16.3. The van der Waals surface area contributed by atoms with Gasteiger partial charge >= 0.3 is 0 Å². The second kappa shape index (κ2) is 6.30. The van der Waals surface area contributed by atoms with Gasteiger partial charge in [-0.25, -0.2) is 0 Å². The molecule has 0 unspecified atom stereocenters. The van der Waals surface area contributed by atoms with Crippen LogP contribution in [0.15, 0.2) is 57.9 Å². The van der Waals surface area contributed by atoms with Crippen molar-refractivity contribution in [3.63, 3.8) is 0 Å². The number of carbonyl (C=O) groups is 1. The van der Waals surface area contributed by atoms with E-state index >= 15 is 0 Å². The van der Waals surface area contributed by atoms with Gasteiger partial charge in [0.15, 0.2) is 0 Å². The lowest BCUT2D eigenvalue weighted by Crippen LogP contribution is -2.27. The number of amides is 1. The number of benzene rings is 2. The Morgan fingerprint density at radius 3 is 2.96 bits per heavy atom. The molecule has 1 aromatic heterocycles. The molecule has 0 fully saturated rings. The van der Waals surface area contributed by atoms with Crippen molar-refractivity contribution >= 4 is 44.5 Å². The number of rotatable bonds is 3. The van der Waals surface area contributed by atoms with E-state index in [4.69, 9.17) is 0 Å². The number of hydrogen-bond donors (Lipinski definition) is 1. The summed E-state index contributed by atoms with van der Waals surface area (Å²) >= 11 is 5.35. The molecule has 0 spiro atoms.